The molecule has 0 aromatic heterocycles. The minimum Gasteiger partial charge on any atom is -0.384 e. The summed E-state index contributed by atoms with van der Waals surface area (Å²) in [6.07, 6.45) is -5.13. The van der Waals surface area contributed by atoms with Crippen molar-refractivity contribution < 1.29 is 17.9 Å². The first-order valence-corrected chi connectivity index (χ1v) is 4.96. The summed E-state index contributed by atoms with van der Waals surface area (Å²) in [5.41, 5.74) is 6.58. The van der Waals surface area contributed by atoms with Gasteiger partial charge >= 0.3 is 6.18 Å². The summed E-state index contributed by atoms with van der Waals surface area (Å²) in [6, 6.07) is 6.60. The van der Waals surface area contributed by atoms with Crippen LogP contribution in [0.4, 0.5) is 13.2 Å². The summed E-state index contributed by atoms with van der Waals surface area (Å²) in [5, 5.41) is 7.16. The number of amidine groups is 1. The average Bonchev–Trinajstić information content (AvgIpc) is 2.24. The highest BCUT2D eigenvalue weighted by atomic mass is 19.4. The fourth-order valence-corrected chi connectivity index (χ4v) is 1.16. The summed E-state index contributed by atoms with van der Waals surface area (Å²) in [4.78, 5) is 0. The number of hydrogen-bond acceptors (Lipinski definition) is 2. The normalized spacial score (nSPS) is 11.5. The zero-order valence-electron chi connectivity index (χ0n) is 9.05. The summed E-state index contributed by atoms with van der Waals surface area (Å²) in [5.74, 6) is -0.0467. The lowest BCUT2D eigenvalue weighted by molar-refractivity contribution is -0.146. The van der Waals surface area contributed by atoms with Crippen LogP contribution in [0.25, 0.3) is 0 Å². The molecule has 0 fully saturated rings. The zero-order chi connectivity index (χ0) is 12.9. The van der Waals surface area contributed by atoms with Gasteiger partial charge < -0.3 is 10.5 Å². The first-order chi connectivity index (χ1) is 7.88. The van der Waals surface area contributed by atoms with E-state index in [0.29, 0.717) is 5.56 Å². The van der Waals surface area contributed by atoms with Crippen LogP contribution in [0.2, 0.25) is 0 Å². The van der Waals surface area contributed by atoms with Gasteiger partial charge in [0.15, 0.2) is 0 Å². The number of alkyl halides is 3. The predicted molar refractivity (Wildman–Crippen MR) is 57.8 cm³/mol. The van der Waals surface area contributed by atoms with E-state index < -0.39 is 12.6 Å². The Bertz CT molecular complexity index is 373. The Hall–Kier alpha value is -1.56. The molecule has 3 N–H and O–H groups in total. The van der Waals surface area contributed by atoms with E-state index in [1.165, 1.54) is 0 Å². The predicted octanol–water partition coefficient (Wildman–Crippen LogP) is 2.44. The van der Waals surface area contributed by atoms with Crippen molar-refractivity contribution in [2.24, 2.45) is 5.73 Å². The topological polar surface area (TPSA) is 59.1 Å². The monoisotopic (exact) mass is 246 g/mol. The summed E-state index contributed by atoms with van der Waals surface area (Å²) in [6.45, 7) is -0.230. The SMILES string of the molecule is N=C(N)c1ccc(COCCC(F)(F)F)cc1. The maximum Gasteiger partial charge on any atom is 0.391 e. The van der Waals surface area contributed by atoms with Gasteiger partial charge in [-0.15, -0.1) is 0 Å². The molecule has 17 heavy (non-hydrogen) atoms. The van der Waals surface area contributed by atoms with E-state index >= 15 is 0 Å². The van der Waals surface area contributed by atoms with E-state index in [9.17, 15) is 13.2 Å². The molecule has 6 heteroatoms. The molecule has 3 nitrogen and oxygen atoms in total. The third kappa shape index (κ3) is 5.35. The molecule has 0 atom stereocenters. The number of benzene rings is 1. The molecule has 0 saturated carbocycles. The van der Waals surface area contributed by atoms with Gasteiger partial charge in [-0.2, -0.15) is 13.2 Å². The van der Waals surface area contributed by atoms with Crippen LogP contribution in [0, 0.1) is 5.41 Å². The van der Waals surface area contributed by atoms with Crippen molar-refractivity contribution >= 4 is 5.84 Å². The number of hydrogen-bond donors (Lipinski definition) is 2. The van der Waals surface area contributed by atoms with Crippen LogP contribution in [0.15, 0.2) is 24.3 Å². The number of nitrogens with one attached hydrogen (secondary N) is 1. The lowest BCUT2D eigenvalue weighted by Crippen LogP contribution is -2.12. The van der Waals surface area contributed by atoms with E-state index in [1.807, 2.05) is 0 Å². The third-order valence-electron chi connectivity index (χ3n) is 2.06. The minimum atomic E-state index is -4.18. The molecule has 0 bridgehead atoms. The molecule has 0 aliphatic heterocycles. The Morgan fingerprint density at radius 3 is 2.29 bits per heavy atom. The van der Waals surface area contributed by atoms with Crippen LogP contribution in [-0.4, -0.2) is 18.6 Å². The Morgan fingerprint density at radius 1 is 1.24 bits per heavy atom. The summed E-state index contributed by atoms with van der Waals surface area (Å²) in [7, 11) is 0. The van der Waals surface area contributed by atoms with Crippen molar-refractivity contribution in [2.45, 2.75) is 19.2 Å². The van der Waals surface area contributed by atoms with Gasteiger partial charge in [0.25, 0.3) is 0 Å². The van der Waals surface area contributed by atoms with Crippen LogP contribution < -0.4 is 5.73 Å². The molecule has 0 unspecified atom stereocenters. The summed E-state index contributed by atoms with van der Waals surface area (Å²) < 4.78 is 40.3. The molecule has 0 heterocycles. The smallest absolute Gasteiger partial charge is 0.384 e. The van der Waals surface area contributed by atoms with Crippen LogP contribution >= 0.6 is 0 Å². The average molecular weight is 246 g/mol. The highest BCUT2D eigenvalue weighted by Crippen LogP contribution is 2.19. The Balaban J connectivity index is 2.35. The van der Waals surface area contributed by atoms with Gasteiger partial charge in [0, 0.05) is 5.56 Å². The Labute approximate surface area is 96.9 Å². The van der Waals surface area contributed by atoms with Gasteiger partial charge in [-0.1, -0.05) is 24.3 Å². The first kappa shape index (κ1) is 13.5. The molecule has 0 aliphatic rings. The number of rotatable bonds is 5. The highest BCUT2D eigenvalue weighted by molar-refractivity contribution is 5.94. The fraction of sp³-hybridized carbons (Fsp3) is 0.364. The molecule has 94 valence electrons. The van der Waals surface area contributed by atoms with Crippen molar-refractivity contribution in [2.75, 3.05) is 6.61 Å². The van der Waals surface area contributed by atoms with Crippen LogP contribution in [-0.2, 0) is 11.3 Å². The third-order valence-corrected chi connectivity index (χ3v) is 2.06. The maximum atomic E-state index is 11.8. The van der Waals surface area contributed by atoms with Crippen LogP contribution in [0.1, 0.15) is 17.5 Å². The van der Waals surface area contributed by atoms with Gasteiger partial charge in [-0.25, -0.2) is 0 Å². The standard InChI is InChI=1S/C11H13F3N2O/c12-11(13,14)5-6-17-7-8-1-3-9(4-2-8)10(15)16/h1-4H,5-7H2,(H3,15,16). The van der Waals surface area contributed by atoms with E-state index in [4.69, 9.17) is 15.9 Å². The van der Waals surface area contributed by atoms with Gasteiger partial charge in [0.2, 0.25) is 0 Å². The second-order valence-electron chi connectivity index (χ2n) is 3.53. The van der Waals surface area contributed by atoms with Crippen molar-refractivity contribution in [1.82, 2.24) is 0 Å². The highest BCUT2D eigenvalue weighted by Gasteiger charge is 2.26. The lowest BCUT2D eigenvalue weighted by atomic mass is 10.1. The largest absolute Gasteiger partial charge is 0.391 e. The zero-order valence-corrected chi connectivity index (χ0v) is 9.05. The fourth-order valence-electron chi connectivity index (χ4n) is 1.16. The number of nitrogen functional groups attached to an aromatic ring is 1. The molecule has 1 rings (SSSR count). The van der Waals surface area contributed by atoms with Crippen molar-refractivity contribution in [1.29, 1.82) is 5.41 Å². The van der Waals surface area contributed by atoms with Gasteiger partial charge in [0.05, 0.1) is 19.6 Å². The van der Waals surface area contributed by atoms with Gasteiger partial charge in [-0.3, -0.25) is 5.41 Å². The number of halogens is 3. The van der Waals surface area contributed by atoms with Gasteiger partial charge in [0.1, 0.15) is 5.84 Å². The van der Waals surface area contributed by atoms with Crippen LogP contribution in [0.3, 0.4) is 0 Å². The minimum absolute atomic E-state index is 0.0467. The second-order valence-corrected chi connectivity index (χ2v) is 3.53. The molecule has 0 amide bonds. The lowest BCUT2D eigenvalue weighted by Gasteiger charge is -2.07. The Morgan fingerprint density at radius 2 is 1.82 bits per heavy atom. The van der Waals surface area contributed by atoms with Crippen molar-refractivity contribution in [3.8, 4) is 0 Å². The van der Waals surface area contributed by atoms with E-state index in [-0.39, 0.29) is 19.0 Å². The molecular weight excluding hydrogens is 233 g/mol. The first-order valence-electron chi connectivity index (χ1n) is 4.96. The van der Waals surface area contributed by atoms with E-state index in [0.717, 1.165) is 5.56 Å². The molecule has 1 aromatic rings. The quantitative estimate of drug-likeness (QED) is 0.476. The number of ether oxygens (including phenoxy) is 1. The molecule has 0 spiro atoms. The molecule has 0 aliphatic carbocycles. The number of nitrogens with two attached hydrogens (primary N) is 1. The molecule has 0 radical (unpaired) electrons. The van der Waals surface area contributed by atoms with Crippen molar-refractivity contribution in [3.63, 3.8) is 0 Å². The Kier molecular flexibility index (Phi) is 4.51. The second kappa shape index (κ2) is 5.67. The van der Waals surface area contributed by atoms with Gasteiger partial charge in [-0.05, 0) is 5.56 Å². The van der Waals surface area contributed by atoms with E-state index in [1.54, 1.807) is 24.3 Å². The molecule has 1 aromatic carbocycles. The van der Waals surface area contributed by atoms with Crippen LogP contribution in [0.5, 0.6) is 0 Å². The maximum absolute atomic E-state index is 11.8. The van der Waals surface area contributed by atoms with Crippen molar-refractivity contribution in [3.05, 3.63) is 35.4 Å². The molecular formula is C11H13F3N2O. The van der Waals surface area contributed by atoms with E-state index in [2.05, 4.69) is 0 Å². The summed E-state index contributed by atoms with van der Waals surface area (Å²) >= 11 is 0. The molecule has 0 saturated heterocycles.